The minimum atomic E-state index is 0.869. The van der Waals surface area contributed by atoms with Crippen LogP contribution in [-0.4, -0.2) is 41.4 Å². The molecule has 1 aliphatic rings. The van der Waals surface area contributed by atoms with E-state index in [1.165, 1.54) is 11.9 Å². The van der Waals surface area contributed by atoms with Crippen molar-refractivity contribution in [3.05, 3.63) is 36.2 Å². The second-order valence-corrected chi connectivity index (χ2v) is 4.74. The summed E-state index contributed by atoms with van der Waals surface area (Å²) < 4.78 is 0. The highest BCUT2D eigenvalue weighted by atomic mass is 15.3. The van der Waals surface area contributed by atoms with Gasteiger partial charge in [-0.1, -0.05) is 23.8 Å². The van der Waals surface area contributed by atoms with E-state index in [1.807, 2.05) is 6.07 Å². The van der Waals surface area contributed by atoms with Gasteiger partial charge in [0.2, 0.25) is 0 Å². The number of aryl methyl sites for hydroxylation is 1. The van der Waals surface area contributed by atoms with Gasteiger partial charge in [-0.15, -0.1) is 10.2 Å². The Morgan fingerprint density at radius 2 is 2.05 bits per heavy atom. The maximum absolute atomic E-state index is 4.43. The van der Waals surface area contributed by atoms with Crippen LogP contribution in [0.4, 0.5) is 5.82 Å². The first-order valence-corrected chi connectivity index (χ1v) is 6.55. The number of benzene rings is 1. The number of piperazine rings is 1. The van der Waals surface area contributed by atoms with Gasteiger partial charge in [0, 0.05) is 31.7 Å². The Hall–Kier alpha value is -2.01. The zero-order valence-electron chi connectivity index (χ0n) is 11.0. The molecule has 5 nitrogen and oxygen atoms in total. The number of aromatic nitrogens is 3. The molecular formula is C14H17N5. The molecular weight excluding hydrogens is 238 g/mol. The van der Waals surface area contributed by atoms with E-state index in [0.717, 1.165) is 43.3 Å². The van der Waals surface area contributed by atoms with E-state index in [1.54, 1.807) is 0 Å². The highest BCUT2D eigenvalue weighted by Gasteiger charge is 2.17. The maximum Gasteiger partial charge on any atom is 0.159 e. The monoisotopic (exact) mass is 255 g/mol. The lowest BCUT2D eigenvalue weighted by molar-refractivity contribution is 0.583. The van der Waals surface area contributed by atoms with Crippen molar-refractivity contribution in [3.8, 4) is 11.3 Å². The van der Waals surface area contributed by atoms with E-state index >= 15 is 0 Å². The lowest BCUT2D eigenvalue weighted by atomic mass is 10.1. The molecule has 5 heteroatoms. The maximum atomic E-state index is 4.43. The van der Waals surface area contributed by atoms with Crippen LogP contribution in [0.5, 0.6) is 0 Å². The predicted octanol–water partition coefficient (Wildman–Crippen LogP) is 1.26. The van der Waals surface area contributed by atoms with Crippen molar-refractivity contribution < 1.29 is 0 Å². The van der Waals surface area contributed by atoms with E-state index in [9.17, 15) is 0 Å². The number of rotatable bonds is 2. The van der Waals surface area contributed by atoms with Crippen LogP contribution >= 0.6 is 0 Å². The third-order valence-electron chi connectivity index (χ3n) is 3.31. The molecule has 19 heavy (non-hydrogen) atoms. The van der Waals surface area contributed by atoms with Gasteiger partial charge in [0.1, 0.15) is 12.0 Å². The molecule has 0 aliphatic carbocycles. The zero-order valence-corrected chi connectivity index (χ0v) is 11.0. The highest BCUT2D eigenvalue weighted by molar-refractivity contribution is 5.72. The van der Waals surface area contributed by atoms with Crippen molar-refractivity contribution in [2.24, 2.45) is 0 Å². The first-order valence-electron chi connectivity index (χ1n) is 6.55. The summed E-state index contributed by atoms with van der Waals surface area (Å²) in [6.07, 6.45) is 1.52. The molecule has 0 bridgehead atoms. The van der Waals surface area contributed by atoms with Gasteiger partial charge in [-0.2, -0.15) is 0 Å². The molecule has 0 radical (unpaired) electrons. The molecule has 1 aromatic heterocycles. The topological polar surface area (TPSA) is 53.9 Å². The van der Waals surface area contributed by atoms with Gasteiger partial charge in [0.25, 0.3) is 0 Å². The van der Waals surface area contributed by atoms with Crippen LogP contribution in [-0.2, 0) is 0 Å². The number of nitrogens with one attached hydrogen (secondary N) is 1. The zero-order chi connectivity index (χ0) is 13.1. The first-order chi connectivity index (χ1) is 9.34. The summed E-state index contributed by atoms with van der Waals surface area (Å²) in [5.41, 5.74) is 3.16. The summed E-state index contributed by atoms with van der Waals surface area (Å²) in [6, 6.07) is 8.31. The third kappa shape index (κ3) is 2.56. The smallest absolute Gasteiger partial charge is 0.159 e. The van der Waals surface area contributed by atoms with E-state index in [2.05, 4.69) is 50.5 Å². The fourth-order valence-electron chi connectivity index (χ4n) is 2.36. The van der Waals surface area contributed by atoms with Crippen molar-refractivity contribution in [1.29, 1.82) is 0 Å². The minimum Gasteiger partial charge on any atom is -0.352 e. The Labute approximate surface area is 112 Å². The molecule has 1 saturated heterocycles. The van der Waals surface area contributed by atoms with Crippen LogP contribution in [0.1, 0.15) is 5.56 Å². The summed E-state index contributed by atoms with van der Waals surface area (Å²) in [5, 5.41) is 11.6. The Bertz CT molecular complexity index is 563. The highest BCUT2D eigenvalue weighted by Crippen LogP contribution is 2.26. The van der Waals surface area contributed by atoms with Gasteiger partial charge in [-0.25, -0.2) is 4.98 Å². The van der Waals surface area contributed by atoms with Crippen molar-refractivity contribution in [2.75, 3.05) is 31.1 Å². The van der Waals surface area contributed by atoms with E-state index in [-0.39, 0.29) is 0 Å². The van der Waals surface area contributed by atoms with Crippen LogP contribution in [0.3, 0.4) is 0 Å². The molecule has 0 spiro atoms. The van der Waals surface area contributed by atoms with Crippen molar-refractivity contribution in [1.82, 2.24) is 20.5 Å². The molecule has 1 aliphatic heterocycles. The molecule has 0 unspecified atom stereocenters. The Morgan fingerprint density at radius 3 is 2.84 bits per heavy atom. The number of nitrogens with zero attached hydrogens (tertiary/aromatic N) is 4. The van der Waals surface area contributed by atoms with Gasteiger partial charge in [-0.3, -0.25) is 0 Å². The van der Waals surface area contributed by atoms with Crippen LogP contribution < -0.4 is 10.2 Å². The van der Waals surface area contributed by atoms with E-state index in [4.69, 9.17) is 0 Å². The van der Waals surface area contributed by atoms with Crippen molar-refractivity contribution in [2.45, 2.75) is 6.92 Å². The molecule has 3 rings (SSSR count). The van der Waals surface area contributed by atoms with Crippen molar-refractivity contribution in [3.63, 3.8) is 0 Å². The van der Waals surface area contributed by atoms with Gasteiger partial charge in [-0.05, 0) is 13.0 Å². The van der Waals surface area contributed by atoms with Gasteiger partial charge >= 0.3 is 0 Å². The average molecular weight is 255 g/mol. The average Bonchev–Trinajstić information content (AvgIpc) is 2.48. The summed E-state index contributed by atoms with van der Waals surface area (Å²) in [5.74, 6) is 0.933. The van der Waals surface area contributed by atoms with Crippen LogP contribution in [0.25, 0.3) is 11.3 Å². The second kappa shape index (κ2) is 5.32. The Kier molecular flexibility index (Phi) is 3.37. The normalized spacial score (nSPS) is 15.5. The largest absolute Gasteiger partial charge is 0.352 e. The van der Waals surface area contributed by atoms with Crippen molar-refractivity contribution >= 4 is 5.82 Å². The summed E-state index contributed by atoms with van der Waals surface area (Å²) in [6.45, 7) is 5.96. The van der Waals surface area contributed by atoms with Crippen LogP contribution in [0, 0.1) is 6.92 Å². The quantitative estimate of drug-likeness (QED) is 0.875. The molecule has 1 N–H and O–H groups in total. The Balaban J connectivity index is 2.01. The fraction of sp³-hybridized carbons (Fsp3) is 0.357. The molecule has 1 fully saturated rings. The standard InChI is InChI=1S/C14H17N5/c1-11-3-2-4-12(9-11)13-14(16-10-17-18-13)19-7-5-15-6-8-19/h2-4,9-10,15H,5-8H2,1H3. The third-order valence-corrected chi connectivity index (χ3v) is 3.31. The lowest BCUT2D eigenvalue weighted by Crippen LogP contribution is -2.44. The fourth-order valence-corrected chi connectivity index (χ4v) is 2.36. The second-order valence-electron chi connectivity index (χ2n) is 4.74. The van der Waals surface area contributed by atoms with E-state index in [0.29, 0.717) is 0 Å². The lowest BCUT2D eigenvalue weighted by Gasteiger charge is -2.29. The number of hydrogen-bond donors (Lipinski definition) is 1. The minimum absolute atomic E-state index is 0.869. The molecule has 2 heterocycles. The molecule has 0 atom stereocenters. The molecule has 2 aromatic rings. The van der Waals surface area contributed by atoms with Gasteiger partial charge in [0.05, 0.1) is 0 Å². The van der Waals surface area contributed by atoms with Crippen LogP contribution in [0.2, 0.25) is 0 Å². The van der Waals surface area contributed by atoms with Gasteiger partial charge < -0.3 is 10.2 Å². The number of anilines is 1. The molecule has 98 valence electrons. The van der Waals surface area contributed by atoms with Gasteiger partial charge in [0.15, 0.2) is 5.82 Å². The summed E-state index contributed by atoms with van der Waals surface area (Å²) in [7, 11) is 0. The Morgan fingerprint density at radius 1 is 1.21 bits per heavy atom. The molecule has 0 amide bonds. The SMILES string of the molecule is Cc1cccc(-c2nncnc2N2CCNCC2)c1. The predicted molar refractivity (Wildman–Crippen MR) is 75.1 cm³/mol. The molecule has 0 saturated carbocycles. The summed E-state index contributed by atoms with van der Waals surface area (Å²) >= 11 is 0. The summed E-state index contributed by atoms with van der Waals surface area (Å²) in [4.78, 5) is 6.70. The number of hydrogen-bond acceptors (Lipinski definition) is 5. The molecule has 1 aromatic carbocycles. The first kappa shape index (κ1) is 12.0. The van der Waals surface area contributed by atoms with Crippen LogP contribution in [0.15, 0.2) is 30.6 Å². The van der Waals surface area contributed by atoms with E-state index < -0.39 is 0 Å².